The van der Waals surface area contributed by atoms with Crippen LogP contribution in [-0.2, 0) is 11.2 Å². The Morgan fingerprint density at radius 2 is 2.00 bits per heavy atom. The highest BCUT2D eigenvalue weighted by Crippen LogP contribution is 2.05. The van der Waals surface area contributed by atoms with Gasteiger partial charge < -0.3 is 4.74 Å². The van der Waals surface area contributed by atoms with Crippen molar-refractivity contribution in [3.8, 4) is 0 Å². The largest absolute Gasteiger partial charge is 0.381 e. The highest BCUT2D eigenvalue weighted by molar-refractivity contribution is 5.14. The fourth-order valence-electron chi connectivity index (χ4n) is 1.09. The lowest BCUT2D eigenvalue weighted by molar-refractivity contribution is 0.132. The third kappa shape index (κ3) is 3.05. The molecule has 1 nitrogen and oxygen atoms in total. The number of benzene rings is 1. The summed E-state index contributed by atoms with van der Waals surface area (Å²) in [7, 11) is 1.70. The molecule has 0 aliphatic heterocycles. The molecule has 0 amide bonds. The van der Waals surface area contributed by atoms with Crippen LogP contribution in [-0.4, -0.2) is 13.2 Å². The smallest absolute Gasteiger partial charge is 0.0575 e. The van der Waals surface area contributed by atoms with Gasteiger partial charge in [0.2, 0.25) is 0 Å². The first-order valence-corrected chi connectivity index (χ1v) is 4.22. The van der Waals surface area contributed by atoms with Crippen LogP contribution in [0, 0.1) is 6.92 Å². The molecule has 0 aromatic heterocycles. The van der Waals surface area contributed by atoms with Crippen molar-refractivity contribution in [3.05, 3.63) is 42.8 Å². The molecule has 0 aliphatic rings. The first-order valence-electron chi connectivity index (χ1n) is 4.22. The lowest BCUT2D eigenvalue weighted by atomic mass is 10.1. The fourth-order valence-corrected chi connectivity index (χ4v) is 1.09. The molecule has 0 saturated heterocycles. The van der Waals surface area contributed by atoms with E-state index in [1.54, 1.807) is 7.11 Å². The summed E-state index contributed by atoms with van der Waals surface area (Å²) in [5, 5.41) is 0. The van der Waals surface area contributed by atoms with Crippen molar-refractivity contribution in [1.82, 2.24) is 0 Å². The number of hydrogen-bond donors (Lipinski definition) is 0. The molecule has 12 heavy (non-hydrogen) atoms. The minimum atomic E-state index is 0.116. The Hall–Kier alpha value is -0.820. The molecule has 0 fully saturated rings. The quantitative estimate of drug-likeness (QED) is 0.662. The summed E-state index contributed by atoms with van der Waals surface area (Å²) in [6.07, 6.45) is 2.15. The summed E-state index contributed by atoms with van der Waals surface area (Å²) in [5.74, 6) is 0. The van der Waals surface area contributed by atoms with Gasteiger partial charge in [-0.2, -0.15) is 0 Å². The monoisotopic (exact) mass is 163 g/mol. The van der Waals surface area contributed by atoms with Crippen molar-refractivity contribution in [3.63, 3.8) is 0 Å². The van der Waals surface area contributed by atoms with Gasteiger partial charge in [0.25, 0.3) is 0 Å². The molecule has 1 radical (unpaired) electrons. The average Bonchev–Trinajstić information content (AvgIpc) is 2.16. The second kappa shape index (κ2) is 4.94. The summed E-state index contributed by atoms with van der Waals surface area (Å²) in [5.41, 5.74) is 1.35. The minimum absolute atomic E-state index is 0.116. The van der Waals surface area contributed by atoms with E-state index >= 15 is 0 Å². The van der Waals surface area contributed by atoms with Gasteiger partial charge in [0.15, 0.2) is 0 Å². The van der Waals surface area contributed by atoms with Gasteiger partial charge in [-0.15, -0.1) is 0 Å². The van der Waals surface area contributed by atoms with Crippen LogP contribution >= 0.6 is 0 Å². The molecule has 0 bridgehead atoms. The number of rotatable bonds is 4. The van der Waals surface area contributed by atoms with Crippen LogP contribution in [0.1, 0.15) is 12.0 Å². The number of aryl methyl sites for hydroxylation is 1. The molecule has 1 aromatic carbocycles. The van der Waals surface area contributed by atoms with E-state index < -0.39 is 0 Å². The van der Waals surface area contributed by atoms with Gasteiger partial charge in [0.05, 0.1) is 6.10 Å². The van der Waals surface area contributed by atoms with E-state index in [2.05, 4.69) is 31.2 Å². The van der Waals surface area contributed by atoms with E-state index in [0.29, 0.717) is 0 Å². The summed E-state index contributed by atoms with van der Waals surface area (Å²) in [6, 6.07) is 10.4. The molecule has 0 spiro atoms. The van der Waals surface area contributed by atoms with Crippen molar-refractivity contribution in [2.75, 3.05) is 7.11 Å². The number of ether oxygens (including phenoxy) is 1. The second-order valence-electron chi connectivity index (χ2n) is 2.88. The van der Waals surface area contributed by atoms with Crippen molar-refractivity contribution in [2.45, 2.75) is 18.9 Å². The SMILES string of the molecule is [CH2]C(CCc1ccccc1)OC. The third-order valence-corrected chi connectivity index (χ3v) is 1.93. The lowest BCUT2D eigenvalue weighted by Crippen LogP contribution is -2.06. The van der Waals surface area contributed by atoms with Crippen molar-refractivity contribution in [2.24, 2.45) is 0 Å². The molecule has 0 heterocycles. The number of hydrogen-bond acceptors (Lipinski definition) is 1. The molecule has 65 valence electrons. The lowest BCUT2D eigenvalue weighted by Gasteiger charge is -2.08. The third-order valence-electron chi connectivity index (χ3n) is 1.93. The van der Waals surface area contributed by atoms with Crippen LogP contribution in [0.3, 0.4) is 0 Å². The maximum atomic E-state index is 5.06. The molecule has 1 heteroatoms. The zero-order valence-corrected chi connectivity index (χ0v) is 7.49. The molecule has 1 rings (SSSR count). The van der Waals surface area contributed by atoms with Crippen LogP contribution < -0.4 is 0 Å². The average molecular weight is 163 g/mol. The predicted molar refractivity (Wildman–Crippen MR) is 50.9 cm³/mol. The fraction of sp³-hybridized carbons (Fsp3) is 0.364. The summed E-state index contributed by atoms with van der Waals surface area (Å²) in [4.78, 5) is 0. The standard InChI is InChI=1S/C11H15O/c1-10(12-2)8-9-11-6-4-3-5-7-11/h3-7,10H,1,8-9H2,2H3. The van der Waals surface area contributed by atoms with Gasteiger partial charge in [-0.25, -0.2) is 0 Å². The maximum absolute atomic E-state index is 5.06. The van der Waals surface area contributed by atoms with Crippen LogP contribution in [0.25, 0.3) is 0 Å². The maximum Gasteiger partial charge on any atom is 0.0575 e. The van der Waals surface area contributed by atoms with E-state index in [-0.39, 0.29) is 6.10 Å². The Labute approximate surface area is 74.4 Å². The minimum Gasteiger partial charge on any atom is -0.381 e. The van der Waals surface area contributed by atoms with Gasteiger partial charge >= 0.3 is 0 Å². The van der Waals surface area contributed by atoms with E-state index in [0.717, 1.165) is 12.8 Å². The molecular formula is C11H15O. The molecule has 0 aliphatic carbocycles. The molecule has 1 unspecified atom stereocenters. The summed E-state index contributed by atoms with van der Waals surface area (Å²) < 4.78 is 5.06. The normalized spacial score (nSPS) is 12.8. The van der Waals surface area contributed by atoms with E-state index in [1.807, 2.05) is 6.07 Å². The van der Waals surface area contributed by atoms with Gasteiger partial charge in [0.1, 0.15) is 0 Å². The van der Waals surface area contributed by atoms with Gasteiger partial charge in [-0.05, 0) is 25.3 Å². The first kappa shape index (κ1) is 9.27. The van der Waals surface area contributed by atoms with Crippen molar-refractivity contribution in [1.29, 1.82) is 0 Å². The van der Waals surface area contributed by atoms with Crippen LogP contribution in [0.15, 0.2) is 30.3 Å². The second-order valence-corrected chi connectivity index (χ2v) is 2.88. The highest BCUT2D eigenvalue weighted by Gasteiger charge is 1.99. The van der Waals surface area contributed by atoms with Crippen LogP contribution in [0.5, 0.6) is 0 Å². The van der Waals surface area contributed by atoms with E-state index in [9.17, 15) is 0 Å². The predicted octanol–water partition coefficient (Wildman–Crippen LogP) is 2.47. The first-order chi connectivity index (χ1) is 5.83. The van der Waals surface area contributed by atoms with E-state index in [1.165, 1.54) is 5.56 Å². The molecule has 0 saturated carbocycles. The Morgan fingerprint density at radius 3 is 2.58 bits per heavy atom. The van der Waals surface area contributed by atoms with Crippen LogP contribution in [0.2, 0.25) is 0 Å². The topological polar surface area (TPSA) is 9.23 Å². The van der Waals surface area contributed by atoms with Gasteiger partial charge in [-0.3, -0.25) is 0 Å². The molecule has 1 atom stereocenters. The molecule has 0 N–H and O–H groups in total. The Bertz CT molecular complexity index is 206. The summed E-state index contributed by atoms with van der Waals surface area (Å²) in [6.45, 7) is 3.85. The van der Waals surface area contributed by atoms with E-state index in [4.69, 9.17) is 4.74 Å². The number of methoxy groups -OCH3 is 1. The zero-order chi connectivity index (χ0) is 8.81. The van der Waals surface area contributed by atoms with Gasteiger partial charge in [0, 0.05) is 7.11 Å². The van der Waals surface area contributed by atoms with Crippen molar-refractivity contribution >= 4 is 0 Å². The van der Waals surface area contributed by atoms with Crippen molar-refractivity contribution < 1.29 is 4.74 Å². The Balaban J connectivity index is 2.33. The van der Waals surface area contributed by atoms with Gasteiger partial charge in [-0.1, -0.05) is 30.3 Å². The van der Waals surface area contributed by atoms with Crippen LogP contribution in [0.4, 0.5) is 0 Å². The molecular weight excluding hydrogens is 148 g/mol. The summed E-state index contributed by atoms with van der Waals surface area (Å²) >= 11 is 0. The Morgan fingerprint density at radius 1 is 1.33 bits per heavy atom. The molecule has 1 aromatic rings. The Kier molecular flexibility index (Phi) is 3.81. The highest BCUT2D eigenvalue weighted by atomic mass is 16.5. The zero-order valence-electron chi connectivity index (χ0n) is 7.49.